The molecule has 1 saturated carbocycles. The van der Waals surface area contributed by atoms with Crippen LogP contribution in [0.3, 0.4) is 0 Å². The molecule has 38 heavy (non-hydrogen) atoms. The van der Waals surface area contributed by atoms with Gasteiger partial charge in [-0.15, -0.1) is 0 Å². The molecule has 1 rings (SSSR count). The molecule has 1 aliphatic rings. The van der Waals surface area contributed by atoms with Gasteiger partial charge in [0.1, 0.15) is 0 Å². The molecule has 2 unspecified atom stereocenters. The Labute approximate surface area is 263 Å². The van der Waals surface area contributed by atoms with Crippen molar-refractivity contribution in [2.24, 2.45) is 11.8 Å². The molecule has 0 saturated heterocycles. The number of carbonyl (C=O) groups excluding carboxylic acids is 2. The number of hydrogen-bond acceptors (Lipinski definition) is 5. The molecule has 0 aromatic heterocycles. The van der Waals surface area contributed by atoms with Crippen molar-refractivity contribution in [1.29, 1.82) is 0 Å². The summed E-state index contributed by atoms with van der Waals surface area (Å²) in [4.78, 5) is 22.4. The summed E-state index contributed by atoms with van der Waals surface area (Å²) in [5, 5.41) is 0.313. The van der Waals surface area contributed by atoms with E-state index in [0.717, 1.165) is 51.4 Å². The van der Waals surface area contributed by atoms with Gasteiger partial charge in [-0.05, 0) is 73.8 Å². The van der Waals surface area contributed by atoms with Gasteiger partial charge in [0.15, 0.2) is 16.6 Å². The molecule has 4 atom stereocenters. The normalized spacial score (nSPS) is 22.4. The van der Waals surface area contributed by atoms with E-state index in [1.807, 2.05) is 0 Å². The Morgan fingerprint density at radius 2 is 1.21 bits per heavy atom. The zero-order valence-corrected chi connectivity index (χ0v) is 31.8. The number of hydrogen-bond donors (Lipinski definition) is 0. The summed E-state index contributed by atoms with van der Waals surface area (Å²) in [6.07, 6.45) is 11.6. The van der Waals surface area contributed by atoms with Crippen LogP contribution in [0.25, 0.3) is 0 Å². The zero-order valence-electron chi connectivity index (χ0n) is 27.0. The third kappa shape index (κ3) is 12.6. The molecule has 0 heterocycles. The Kier molecular flexibility index (Phi) is 18.8. The summed E-state index contributed by atoms with van der Waals surface area (Å²) in [6.45, 7) is 23.3. The van der Waals surface area contributed by atoms with Crippen LogP contribution >= 0.6 is 0 Å². The second kappa shape index (κ2) is 17.5. The molecule has 1 aliphatic carbocycles. The van der Waals surface area contributed by atoms with Crippen LogP contribution in [0.4, 0.5) is 0 Å². The minimum Gasteiger partial charge on any atom is -0.542 e. The molecule has 5 nitrogen and oxygen atoms in total. The monoisotopic (exact) mass is 645 g/mol. The van der Waals surface area contributed by atoms with Gasteiger partial charge in [-0.25, -0.2) is 0 Å². The number of unbranched alkanes of at least 4 members (excludes halogenated alkanes) is 4. The van der Waals surface area contributed by atoms with Crippen LogP contribution in [0, 0.1) is 19.3 Å². The fraction of sp³-hybridized carbons (Fsp3) is 0.900. The van der Waals surface area contributed by atoms with Crippen LogP contribution in [-0.2, 0) is 55.9 Å². The standard InChI is InChI=1S/C29H57O5Si2.CH3.Y/c1-28(2,3)35(8,9)33-25-22-26(34-36(10,11)29(4,5)6)24(19-16-17-21-30)23(25)18-14-12-13-15-20-27(31)32-7;;/h23-26H,12-20,22H2,1-11H3;1H3;/q2*-1;/t23-,24-,25?,26?;;/m1../s1. The van der Waals surface area contributed by atoms with E-state index in [2.05, 4.69) is 74.0 Å². The molecule has 0 spiro atoms. The number of rotatable bonds is 15. The van der Waals surface area contributed by atoms with Gasteiger partial charge < -0.3 is 25.8 Å². The fourth-order valence-corrected chi connectivity index (χ4v) is 7.59. The van der Waals surface area contributed by atoms with Crippen LogP contribution in [-0.4, -0.2) is 48.2 Å². The maximum Gasteiger partial charge on any atom is 0.305 e. The molecule has 0 aromatic rings. The predicted octanol–water partition coefficient (Wildman–Crippen LogP) is 8.64. The van der Waals surface area contributed by atoms with E-state index in [1.54, 1.807) is 0 Å². The Bertz CT molecular complexity index is 685. The van der Waals surface area contributed by atoms with Crippen molar-refractivity contribution in [3.05, 3.63) is 7.43 Å². The Morgan fingerprint density at radius 3 is 1.61 bits per heavy atom. The average Bonchev–Trinajstić information content (AvgIpc) is 3.03. The predicted molar refractivity (Wildman–Crippen MR) is 161 cm³/mol. The van der Waals surface area contributed by atoms with E-state index < -0.39 is 16.6 Å². The van der Waals surface area contributed by atoms with E-state index in [4.69, 9.17) is 13.6 Å². The molecule has 1 radical (unpaired) electrons. The van der Waals surface area contributed by atoms with E-state index in [0.29, 0.717) is 24.7 Å². The maximum absolute atomic E-state index is 11.4. The molecule has 8 heteroatoms. The number of esters is 1. The largest absolute Gasteiger partial charge is 0.542 e. The van der Waals surface area contributed by atoms with Gasteiger partial charge in [0.05, 0.1) is 19.3 Å². The summed E-state index contributed by atoms with van der Waals surface area (Å²) in [5.41, 5.74) is 0. The molecule has 223 valence electrons. The molecule has 0 aromatic carbocycles. The van der Waals surface area contributed by atoms with Crippen LogP contribution in [0.1, 0.15) is 106 Å². The maximum atomic E-state index is 11.4. The first-order valence-corrected chi connectivity index (χ1v) is 20.1. The Morgan fingerprint density at radius 1 is 0.789 bits per heavy atom. The van der Waals surface area contributed by atoms with Crippen LogP contribution in [0.15, 0.2) is 0 Å². The molecular weight excluding hydrogens is 585 g/mol. The van der Waals surface area contributed by atoms with E-state index in [-0.39, 0.29) is 68.4 Å². The van der Waals surface area contributed by atoms with Crippen molar-refractivity contribution in [1.82, 2.24) is 0 Å². The van der Waals surface area contributed by atoms with E-state index >= 15 is 0 Å². The fourth-order valence-electron chi connectivity index (χ4n) is 4.83. The Balaban J connectivity index is 0. The molecule has 0 amide bonds. The topological polar surface area (TPSA) is 61.8 Å². The number of ether oxygens (including phenoxy) is 1. The minimum absolute atomic E-state index is 0. The van der Waals surface area contributed by atoms with Gasteiger partial charge in [-0.1, -0.05) is 67.2 Å². The summed E-state index contributed by atoms with van der Waals surface area (Å²) < 4.78 is 19.0. The van der Waals surface area contributed by atoms with Crippen LogP contribution < -0.4 is 0 Å². The van der Waals surface area contributed by atoms with Gasteiger partial charge >= 0.3 is 5.97 Å². The smallest absolute Gasteiger partial charge is 0.305 e. The van der Waals surface area contributed by atoms with E-state index in [1.165, 1.54) is 7.11 Å². The van der Waals surface area contributed by atoms with Gasteiger partial charge in [0.25, 0.3) is 0 Å². The van der Waals surface area contributed by atoms with Crippen molar-refractivity contribution in [2.75, 3.05) is 7.11 Å². The van der Waals surface area contributed by atoms with Crippen LogP contribution in [0.5, 0.6) is 0 Å². The first kappa shape index (κ1) is 40.7. The number of carbonyl (C=O) groups is 1. The van der Waals surface area contributed by atoms with Crippen LogP contribution in [0.2, 0.25) is 36.3 Å². The zero-order chi connectivity index (χ0) is 27.8. The van der Waals surface area contributed by atoms with Gasteiger partial charge in [-0.2, -0.15) is 6.42 Å². The third-order valence-electron chi connectivity index (χ3n) is 9.19. The molecule has 0 aliphatic heterocycles. The summed E-state index contributed by atoms with van der Waals surface area (Å²) in [7, 11) is -2.43. The van der Waals surface area contributed by atoms with Gasteiger partial charge in [-0.3, -0.25) is 11.1 Å². The SMILES string of the molecule is COC(=O)CCCCCC[C@H]1C(O[Si](C)(C)C(C)(C)C)CC(O[Si](C)(C)C(C)(C)C)[C@@H]1CCC[C-]=O.[CH3-].[Y]. The van der Waals surface area contributed by atoms with Crippen molar-refractivity contribution in [2.45, 2.75) is 154 Å². The summed E-state index contributed by atoms with van der Waals surface area (Å²) >= 11 is 0. The van der Waals surface area contributed by atoms with Crippen molar-refractivity contribution < 1.29 is 55.9 Å². The second-order valence-corrected chi connectivity index (χ2v) is 23.5. The molecular formula is C30H60O5Si2Y-2. The van der Waals surface area contributed by atoms with Crippen molar-refractivity contribution >= 4 is 28.9 Å². The van der Waals surface area contributed by atoms with Gasteiger partial charge in [0.2, 0.25) is 0 Å². The Hall–Kier alpha value is 0.598. The number of methoxy groups -OCH3 is 1. The second-order valence-electron chi connectivity index (χ2n) is 14.0. The first-order chi connectivity index (χ1) is 16.5. The molecule has 0 N–H and O–H groups in total. The van der Waals surface area contributed by atoms with E-state index in [9.17, 15) is 9.59 Å². The quantitative estimate of drug-likeness (QED) is 0.0772. The summed E-state index contributed by atoms with van der Waals surface area (Å²) in [5.74, 6) is 0.741. The molecule has 0 bridgehead atoms. The minimum atomic E-state index is -1.94. The van der Waals surface area contributed by atoms with Crippen molar-refractivity contribution in [3.8, 4) is 0 Å². The molecule has 1 fully saturated rings. The van der Waals surface area contributed by atoms with Gasteiger partial charge in [0, 0.05) is 39.1 Å². The average molecular weight is 646 g/mol. The third-order valence-corrected chi connectivity index (χ3v) is 18.2. The first-order valence-electron chi connectivity index (χ1n) is 14.2. The summed E-state index contributed by atoms with van der Waals surface area (Å²) in [6, 6.07) is 0. The van der Waals surface area contributed by atoms with Crippen molar-refractivity contribution in [3.63, 3.8) is 0 Å².